The fourth-order valence-electron chi connectivity index (χ4n) is 1.01. The van der Waals surface area contributed by atoms with E-state index in [2.05, 4.69) is 0 Å². The standard InChI is InChI=1S/C8H7F4NO/c9-3-1-4(10)8(12)6(7(3)11)5(13)2-14/h1,5,14H,2,13H2/t5-/m1/s1. The van der Waals surface area contributed by atoms with Gasteiger partial charge in [-0.2, -0.15) is 0 Å². The molecule has 0 heterocycles. The van der Waals surface area contributed by atoms with Crippen molar-refractivity contribution in [2.24, 2.45) is 5.73 Å². The highest BCUT2D eigenvalue weighted by Crippen LogP contribution is 2.23. The lowest BCUT2D eigenvalue weighted by atomic mass is 10.1. The van der Waals surface area contributed by atoms with Crippen LogP contribution in [0.15, 0.2) is 6.07 Å². The Balaban J connectivity index is 3.39. The topological polar surface area (TPSA) is 46.2 Å². The van der Waals surface area contributed by atoms with Gasteiger partial charge in [0, 0.05) is 11.6 Å². The molecule has 1 rings (SSSR count). The van der Waals surface area contributed by atoms with Crippen LogP contribution in [0.25, 0.3) is 0 Å². The first-order valence-electron chi connectivity index (χ1n) is 3.68. The molecule has 0 aliphatic rings. The van der Waals surface area contributed by atoms with Gasteiger partial charge < -0.3 is 10.8 Å². The Labute approximate surface area is 77.0 Å². The van der Waals surface area contributed by atoms with Gasteiger partial charge in [-0.15, -0.1) is 0 Å². The molecule has 1 aromatic carbocycles. The van der Waals surface area contributed by atoms with E-state index in [9.17, 15) is 17.6 Å². The largest absolute Gasteiger partial charge is 0.394 e. The average molecular weight is 209 g/mol. The fraction of sp³-hybridized carbons (Fsp3) is 0.250. The molecule has 0 radical (unpaired) electrons. The van der Waals surface area contributed by atoms with E-state index in [0.29, 0.717) is 0 Å². The predicted octanol–water partition coefficient (Wildman–Crippen LogP) is 1.24. The molecule has 0 bridgehead atoms. The SMILES string of the molecule is N[C@H](CO)c1c(F)c(F)cc(F)c1F. The number of aliphatic hydroxyl groups excluding tert-OH is 1. The number of aliphatic hydroxyl groups is 1. The van der Waals surface area contributed by atoms with Crippen molar-refractivity contribution in [2.75, 3.05) is 6.61 Å². The third-order valence-electron chi connectivity index (χ3n) is 1.71. The van der Waals surface area contributed by atoms with Crippen molar-refractivity contribution in [2.45, 2.75) is 6.04 Å². The van der Waals surface area contributed by atoms with Gasteiger partial charge >= 0.3 is 0 Å². The van der Waals surface area contributed by atoms with E-state index in [1.54, 1.807) is 0 Å². The molecule has 0 aromatic heterocycles. The first-order valence-corrected chi connectivity index (χ1v) is 3.68. The van der Waals surface area contributed by atoms with Gasteiger partial charge in [0.25, 0.3) is 0 Å². The van der Waals surface area contributed by atoms with Gasteiger partial charge in [0.1, 0.15) is 0 Å². The molecule has 2 nitrogen and oxygen atoms in total. The predicted molar refractivity (Wildman–Crippen MR) is 40.3 cm³/mol. The van der Waals surface area contributed by atoms with E-state index >= 15 is 0 Å². The van der Waals surface area contributed by atoms with Crippen LogP contribution in [-0.4, -0.2) is 11.7 Å². The molecular formula is C8H7F4NO. The van der Waals surface area contributed by atoms with E-state index < -0.39 is 41.5 Å². The summed E-state index contributed by atoms with van der Waals surface area (Å²) < 4.78 is 51.0. The van der Waals surface area contributed by atoms with E-state index in [1.165, 1.54) is 0 Å². The lowest BCUT2D eigenvalue weighted by Gasteiger charge is -2.11. The number of benzene rings is 1. The second kappa shape index (κ2) is 3.93. The summed E-state index contributed by atoms with van der Waals surface area (Å²) in [6.45, 7) is -0.809. The molecule has 0 unspecified atom stereocenters. The van der Waals surface area contributed by atoms with Crippen LogP contribution < -0.4 is 5.73 Å². The highest BCUT2D eigenvalue weighted by Gasteiger charge is 2.23. The maximum atomic E-state index is 12.9. The molecule has 78 valence electrons. The van der Waals surface area contributed by atoms with Crippen LogP contribution in [0.2, 0.25) is 0 Å². The number of rotatable bonds is 2. The first-order chi connectivity index (χ1) is 6.49. The second-order valence-corrected chi connectivity index (χ2v) is 2.67. The van der Waals surface area contributed by atoms with E-state index in [1.807, 2.05) is 0 Å². The summed E-state index contributed by atoms with van der Waals surface area (Å²) in [4.78, 5) is 0. The van der Waals surface area contributed by atoms with Crippen molar-refractivity contribution in [3.8, 4) is 0 Å². The van der Waals surface area contributed by atoms with E-state index in [0.717, 1.165) is 0 Å². The zero-order valence-electron chi connectivity index (χ0n) is 6.90. The highest BCUT2D eigenvalue weighted by atomic mass is 19.2. The Morgan fingerprint density at radius 3 is 1.93 bits per heavy atom. The number of hydrogen-bond donors (Lipinski definition) is 2. The molecule has 0 amide bonds. The molecule has 0 spiro atoms. The van der Waals surface area contributed by atoms with Gasteiger partial charge in [-0.1, -0.05) is 0 Å². The average Bonchev–Trinajstić information content (AvgIpc) is 2.15. The van der Waals surface area contributed by atoms with Crippen molar-refractivity contribution in [1.82, 2.24) is 0 Å². The van der Waals surface area contributed by atoms with Gasteiger partial charge in [0.2, 0.25) is 0 Å². The quantitative estimate of drug-likeness (QED) is 0.568. The Kier molecular flexibility index (Phi) is 3.07. The third kappa shape index (κ3) is 1.71. The molecule has 6 heteroatoms. The summed E-state index contributed by atoms with van der Waals surface area (Å²) in [5.41, 5.74) is 4.09. The monoisotopic (exact) mass is 209 g/mol. The summed E-state index contributed by atoms with van der Waals surface area (Å²) >= 11 is 0. The molecule has 0 saturated heterocycles. The minimum absolute atomic E-state index is 0.0816. The van der Waals surface area contributed by atoms with Crippen LogP contribution in [0, 0.1) is 23.3 Å². The molecule has 0 aliphatic heterocycles. The summed E-state index contributed by atoms with van der Waals surface area (Å²) in [7, 11) is 0. The zero-order chi connectivity index (χ0) is 10.9. The number of hydrogen-bond acceptors (Lipinski definition) is 2. The number of nitrogens with two attached hydrogens (primary N) is 1. The van der Waals surface area contributed by atoms with Crippen LogP contribution in [0.5, 0.6) is 0 Å². The van der Waals surface area contributed by atoms with Crippen LogP contribution in [-0.2, 0) is 0 Å². The highest BCUT2D eigenvalue weighted by molar-refractivity contribution is 5.25. The van der Waals surface area contributed by atoms with Crippen LogP contribution in [0.1, 0.15) is 11.6 Å². The Bertz CT molecular complexity index is 329. The summed E-state index contributed by atoms with van der Waals surface area (Å²) in [5, 5.41) is 8.52. The van der Waals surface area contributed by atoms with Crippen molar-refractivity contribution in [3.05, 3.63) is 34.9 Å². The summed E-state index contributed by atoms with van der Waals surface area (Å²) in [5.74, 6) is -6.23. The molecule has 0 fully saturated rings. The lowest BCUT2D eigenvalue weighted by molar-refractivity contribution is 0.259. The summed E-state index contributed by atoms with van der Waals surface area (Å²) in [6, 6.07) is -1.40. The van der Waals surface area contributed by atoms with Gasteiger partial charge in [-0.25, -0.2) is 17.6 Å². The van der Waals surface area contributed by atoms with Crippen molar-refractivity contribution < 1.29 is 22.7 Å². The van der Waals surface area contributed by atoms with Gasteiger partial charge in [0.05, 0.1) is 12.6 Å². The molecular weight excluding hydrogens is 202 g/mol. The maximum absolute atomic E-state index is 12.9. The molecule has 14 heavy (non-hydrogen) atoms. The van der Waals surface area contributed by atoms with E-state index in [4.69, 9.17) is 10.8 Å². The Morgan fingerprint density at radius 1 is 1.14 bits per heavy atom. The molecule has 0 aliphatic carbocycles. The van der Waals surface area contributed by atoms with Gasteiger partial charge in [0.15, 0.2) is 23.3 Å². The maximum Gasteiger partial charge on any atom is 0.166 e. The van der Waals surface area contributed by atoms with Crippen LogP contribution in [0.4, 0.5) is 17.6 Å². The third-order valence-corrected chi connectivity index (χ3v) is 1.71. The van der Waals surface area contributed by atoms with Crippen LogP contribution in [0.3, 0.4) is 0 Å². The molecule has 1 aromatic rings. The summed E-state index contributed by atoms with van der Waals surface area (Å²) in [6.07, 6.45) is 0. The van der Waals surface area contributed by atoms with Crippen molar-refractivity contribution >= 4 is 0 Å². The van der Waals surface area contributed by atoms with Crippen molar-refractivity contribution in [1.29, 1.82) is 0 Å². The zero-order valence-corrected chi connectivity index (χ0v) is 6.90. The Hall–Kier alpha value is -1.14. The smallest absolute Gasteiger partial charge is 0.166 e. The normalized spacial score (nSPS) is 13.0. The van der Waals surface area contributed by atoms with E-state index in [-0.39, 0.29) is 6.07 Å². The molecule has 3 N–H and O–H groups in total. The van der Waals surface area contributed by atoms with Gasteiger partial charge in [-0.3, -0.25) is 0 Å². The molecule has 0 saturated carbocycles. The van der Waals surface area contributed by atoms with Crippen molar-refractivity contribution in [3.63, 3.8) is 0 Å². The van der Waals surface area contributed by atoms with Crippen LogP contribution >= 0.6 is 0 Å². The Morgan fingerprint density at radius 2 is 1.57 bits per heavy atom. The first kappa shape index (κ1) is 10.9. The minimum atomic E-state index is -1.58. The lowest BCUT2D eigenvalue weighted by Crippen LogP contribution is -2.19. The minimum Gasteiger partial charge on any atom is -0.394 e. The fourth-order valence-corrected chi connectivity index (χ4v) is 1.01. The second-order valence-electron chi connectivity index (χ2n) is 2.67. The number of halogens is 4. The van der Waals surface area contributed by atoms with Gasteiger partial charge in [-0.05, 0) is 0 Å². The molecule has 1 atom stereocenters.